The van der Waals surface area contributed by atoms with Gasteiger partial charge in [0, 0.05) is 18.0 Å². The van der Waals surface area contributed by atoms with Gasteiger partial charge in [-0.2, -0.15) is 0 Å². The van der Waals surface area contributed by atoms with Crippen LogP contribution >= 0.6 is 15.9 Å². The third-order valence-corrected chi connectivity index (χ3v) is 3.24. The molecule has 0 aromatic heterocycles. The summed E-state index contributed by atoms with van der Waals surface area (Å²) < 4.78 is 11.9. The molecule has 100 valence electrons. The van der Waals surface area contributed by atoms with E-state index in [4.69, 9.17) is 20.6 Å². The van der Waals surface area contributed by atoms with E-state index in [2.05, 4.69) is 15.9 Å². The van der Waals surface area contributed by atoms with Gasteiger partial charge in [-0.3, -0.25) is 5.41 Å². The van der Waals surface area contributed by atoms with Crippen molar-refractivity contribution in [3.63, 3.8) is 0 Å². The van der Waals surface area contributed by atoms with Crippen molar-refractivity contribution in [2.75, 3.05) is 13.7 Å². The fourth-order valence-electron chi connectivity index (χ4n) is 1.35. The van der Waals surface area contributed by atoms with Crippen LogP contribution in [0.4, 0.5) is 0 Å². The first kappa shape index (κ1) is 15.0. The lowest BCUT2D eigenvalue weighted by atomic mass is 10.1. The van der Waals surface area contributed by atoms with Gasteiger partial charge in [-0.15, -0.1) is 0 Å². The van der Waals surface area contributed by atoms with Gasteiger partial charge in [0.15, 0.2) is 0 Å². The van der Waals surface area contributed by atoms with Gasteiger partial charge in [-0.25, -0.2) is 0 Å². The molecule has 4 nitrogen and oxygen atoms in total. The van der Waals surface area contributed by atoms with Crippen molar-refractivity contribution >= 4 is 21.8 Å². The van der Waals surface area contributed by atoms with Crippen LogP contribution in [0.5, 0.6) is 5.75 Å². The summed E-state index contributed by atoms with van der Waals surface area (Å²) >= 11 is 3.37. The quantitative estimate of drug-likeness (QED) is 0.626. The summed E-state index contributed by atoms with van der Waals surface area (Å²) in [6, 6.07) is 5.42. The summed E-state index contributed by atoms with van der Waals surface area (Å²) in [5, 5.41) is 7.50. The van der Waals surface area contributed by atoms with Crippen LogP contribution < -0.4 is 10.5 Å². The van der Waals surface area contributed by atoms with Gasteiger partial charge in [-0.1, -0.05) is 15.9 Å². The molecule has 1 aromatic carbocycles. The van der Waals surface area contributed by atoms with Crippen molar-refractivity contribution in [3.8, 4) is 5.75 Å². The second-order valence-electron chi connectivity index (χ2n) is 4.62. The summed E-state index contributed by atoms with van der Waals surface area (Å²) in [5.41, 5.74) is 5.90. The highest BCUT2D eigenvalue weighted by molar-refractivity contribution is 9.10. The smallest absolute Gasteiger partial charge is 0.131 e. The number of amidine groups is 1. The minimum Gasteiger partial charge on any atom is -0.493 e. The van der Waals surface area contributed by atoms with Gasteiger partial charge in [0.05, 0.1) is 17.8 Å². The highest BCUT2D eigenvalue weighted by Crippen LogP contribution is 2.24. The highest BCUT2D eigenvalue weighted by atomic mass is 79.9. The zero-order chi connectivity index (χ0) is 13.8. The number of nitrogen functional groups attached to an aromatic ring is 1. The Morgan fingerprint density at radius 1 is 1.44 bits per heavy atom. The average molecular weight is 315 g/mol. The van der Waals surface area contributed by atoms with Crippen molar-refractivity contribution in [1.82, 2.24) is 0 Å². The van der Waals surface area contributed by atoms with Crippen LogP contribution in [0.25, 0.3) is 0 Å². The number of halogens is 1. The van der Waals surface area contributed by atoms with Crippen LogP contribution in [0.3, 0.4) is 0 Å². The van der Waals surface area contributed by atoms with Gasteiger partial charge >= 0.3 is 0 Å². The monoisotopic (exact) mass is 314 g/mol. The zero-order valence-corrected chi connectivity index (χ0v) is 12.5. The highest BCUT2D eigenvalue weighted by Gasteiger charge is 2.16. The second kappa shape index (κ2) is 6.20. The summed E-state index contributed by atoms with van der Waals surface area (Å²) in [6.45, 7) is 4.52. The molecule has 0 atom stereocenters. The molecule has 5 heteroatoms. The molecule has 18 heavy (non-hydrogen) atoms. The van der Waals surface area contributed by atoms with Gasteiger partial charge in [-0.05, 0) is 32.0 Å². The largest absolute Gasteiger partial charge is 0.493 e. The number of methoxy groups -OCH3 is 1. The van der Waals surface area contributed by atoms with Crippen LogP contribution in [-0.4, -0.2) is 25.2 Å². The van der Waals surface area contributed by atoms with Gasteiger partial charge in [0.1, 0.15) is 11.6 Å². The number of nitrogens with two attached hydrogens (primary N) is 1. The molecular formula is C13H19BrN2O2. The molecule has 0 heterocycles. The predicted molar refractivity (Wildman–Crippen MR) is 76.4 cm³/mol. The Morgan fingerprint density at radius 3 is 2.67 bits per heavy atom. The Bertz CT molecular complexity index is 433. The molecular weight excluding hydrogens is 296 g/mol. The molecule has 0 aliphatic rings. The van der Waals surface area contributed by atoms with E-state index in [1.54, 1.807) is 13.2 Å². The fraction of sp³-hybridized carbons (Fsp3) is 0.462. The summed E-state index contributed by atoms with van der Waals surface area (Å²) in [6.07, 6.45) is 0.757. The molecule has 0 saturated carbocycles. The molecule has 3 N–H and O–H groups in total. The Morgan fingerprint density at radius 2 is 2.11 bits per heavy atom. The SMILES string of the molecule is COC(C)(C)CCOc1cc(Br)ccc1C(=N)N. The predicted octanol–water partition coefficient (Wildman–Crippen LogP) is 2.93. The maximum absolute atomic E-state index is 7.50. The fourth-order valence-corrected chi connectivity index (χ4v) is 1.69. The van der Waals surface area contributed by atoms with E-state index in [0.717, 1.165) is 10.9 Å². The number of hydrogen-bond donors (Lipinski definition) is 2. The lowest BCUT2D eigenvalue weighted by Crippen LogP contribution is -2.25. The molecule has 1 rings (SSSR count). The number of benzene rings is 1. The van der Waals surface area contributed by atoms with E-state index >= 15 is 0 Å². The number of ether oxygens (including phenoxy) is 2. The standard InChI is InChI=1S/C13H19BrN2O2/c1-13(2,17-3)6-7-18-11-8-9(14)4-5-10(11)12(15)16/h4-5,8H,6-7H2,1-3H3,(H3,15,16). The first-order valence-corrected chi connectivity index (χ1v) is 6.47. The molecule has 0 amide bonds. The summed E-state index contributed by atoms with van der Waals surface area (Å²) in [5.74, 6) is 0.618. The Labute approximate surface area is 116 Å². The number of hydrogen-bond acceptors (Lipinski definition) is 3. The maximum atomic E-state index is 7.50. The first-order valence-electron chi connectivity index (χ1n) is 5.67. The van der Waals surface area contributed by atoms with Crippen molar-refractivity contribution < 1.29 is 9.47 Å². The number of nitrogens with one attached hydrogen (secondary N) is 1. The first-order chi connectivity index (χ1) is 8.35. The van der Waals surface area contributed by atoms with Crippen molar-refractivity contribution in [2.45, 2.75) is 25.9 Å². The third-order valence-electron chi connectivity index (χ3n) is 2.75. The van der Waals surface area contributed by atoms with E-state index in [0.29, 0.717) is 17.9 Å². The molecule has 0 aliphatic heterocycles. The van der Waals surface area contributed by atoms with Crippen molar-refractivity contribution in [1.29, 1.82) is 5.41 Å². The van der Waals surface area contributed by atoms with Crippen molar-refractivity contribution in [3.05, 3.63) is 28.2 Å². The lowest BCUT2D eigenvalue weighted by molar-refractivity contribution is 0.00544. The van der Waals surface area contributed by atoms with Crippen molar-refractivity contribution in [2.24, 2.45) is 5.73 Å². The topological polar surface area (TPSA) is 68.3 Å². The third kappa shape index (κ3) is 4.31. The average Bonchev–Trinajstić information content (AvgIpc) is 2.28. The Hall–Kier alpha value is -1.07. The molecule has 0 fully saturated rings. The van der Waals surface area contributed by atoms with E-state index < -0.39 is 0 Å². The zero-order valence-electron chi connectivity index (χ0n) is 10.9. The van der Waals surface area contributed by atoms with Gasteiger partial charge in [0.2, 0.25) is 0 Å². The maximum Gasteiger partial charge on any atom is 0.131 e. The van der Waals surface area contributed by atoms with E-state index in [-0.39, 0.29) is 11.4 Å². The van der Waals surface area contributed by atoms with Gasteiger partial charge < -0.3 is 15.2 Å². The van der Waals surface area contributed by atoms with Crippen LogP contribution in [0.2, 0.25) is 0 Å². The summed E-state index contributed by atoms with van der Waals surface area (Å²) in [4.78, 5) is 0. The van der Waals surface area contributed by atoms with Crippen LogP contribution in [0, 0.1) is 5.41 Å². The van der Waals surface area contributed by atoms with E-state index in [9.17, 15) is 0 Å². The number of rotatable bonds is 6. The van der Waals surface area contributed by atoms with Crippen LogP contribution in [0.15, 0.2) is 22.7 Å². The Kier molecular flexibility index (Phi) is 5.16. The summed E-state index contributed by atoms with van der Waals surface area (Å²) in [7, 11) is 1.68. The van der Waals surface area contributed by atoms with E-state index in [1.165, 1.54) is 0 Å². The minimum atomic E-state index is -0.220. The van der Waals surface area contributed by atoms with E-state index in [1.807, 2.05) is 26.0 Å². The molecule has 0 bridgehead atoms. The molecule has 0 spiro atoms. The van der Waals surface area contributed by atoms with Gasteiger partial charge in [0.25, 0.3) is 0 Å². The molecule has 1 aromatic rings. The Balaban J connectivity index is 2.72. The normalized spacial score (nSPS) is 11.3. The lowest BCUT2D eigenvalue weighted by Gasteiger charge is -2.23. The van der Waals surface area contributed by atoms with Crippen LogP contribution in [0.1, 0.15) is 25.8 Å². The minimum absolute atomic E-state index is 0.00324. The molecule has 0 saturated heterocycles. The molecule has 0 aliphatic carbocycles. The second-order valence-corrected chi connectivity index (χ2v) is 5.53. The molecule has 0 radical (unpaired) electrons. The molecule has 0 unspecified atom stereocenters. The van der Waals surface area contributed by atoms with Crippen LogP contribution in [-0.2, 0) is 4.74 Å².